The second kappa shape index (κ2) is 8.49. The van der Waals surface area contributed by atoms with E-state index in [0.717, 1.165) is 5.56 Å². The molecule has 0 aliphatic carbocycles. The van der Waals surface area contributed by atoms with Gasteiger partial charge in [0, 0.05) is 11.6 Å². The molecule has 0 fully saturated rings. The Bertz CT molecular complexity index is 1600. The predicted octanol–water partition coefficient (Wildman–Crippen LogP) is 5.02. The predicted molar refractivity (Wildman–Crippen MR) is 131 cm³/mol. The van der Waals surface area contributed by atoms with Gasteiger partial charge in [-0.25, -0.2) is 0 Å². The van der Waals surface area contributed by atoms with Gasteiger partial charge < -0.3 is 28.6 Å². The molecule has 0 saturated heterocycles. The van der Waals surface area contributed by atoms with Gasteiger partial charge in [0.2, 0.25) is 12.6 Å². The van der Waals surface area contributed by atoms with E-state index in [4.69, 9.17) is 30.2 Å². The lowest BCUT2D eigenvalue weighted by molar-refractivity contribution is 0.0714. The summed E-state index contributed by atoms with van der Waals surface area (Å²) in [6.45, 7) is 2.45. The first-order chi connectivity index (χ1) is 17.4. The normalized spacial score (nSPS) is 16.0. The summed E-state index contributed by atoms with van der Waals surface area (Å²) in [7, 11) is 0. The van der Waals surface area contributed by atoms with Crippen LogP contribution in [-0.2, 0) is 6.54 Å². The summed E-state index contributed by atoms with van der Waals surface area (Å²) in [5.41, 5.74) is 1.53. The van der Waals surface area contributed by atoms with Crippen molar-refractivity contribution in [2.45, 2.75) is 19.5 Å². The standard InChI is InChI=1S/C27H20ClNO7/c1-2-33-21-10-15(4-6-18(21)30)24-23-25(31)17-11-16(28)5-8-19(17)36-26(23)27(32)29(24)12-14-3-7-20-22(9-14)35-13-34-20/h3-11,24,30H,2,12-13H2,1H3/t24-/m0/s1. The quantitative estimate of drug-likeness (QED) is 0.406. The second-order valence-electron chi connectivity index (χ2n) is 8.50. The zero-order valence-corrected chi connectivity index (χ0v) is 19.9. The Morgan fingerprint density at radius 3 is 2.72 bits per heavy atom. The SMILES string of the molecule is CCOc1cc([C@H]2c3c(oc4ccc(Cl)cc4c3=O)C(=O)N2Cc2ccc3c(c2)OCO3)ccc1O. The van der Waals surface area contributed by atoms with Crippen LogP contribution >= 0.6 is 11.6 Å². The molecule has 9 heteroatoms. The van der Waals surface area contributed by atoms with Crippen LogP contribution in [0, 0.1) is 0 Å². The van der Waals surface area contributed by atoms with Gasteiger partial charge in [-0.2, -0.15) is 0 Å². The molecule has 8 nitrogen and oxygen atoms in total. The van der Waals surface area contributed by atoms with Crippen molar-refractivity contribution in [1.29, 1.82) is 0 Å². The molecule has 4 aromatic rings. The van der Waals surface area contributed by atoms with Crippen LogP contribution in [-0.4, -0.2) is 29.3 Å². The number of rotatable bonds is 5. The molecule has 36 heavy (non-hydrogen) atoms. The number of benzene rings is 3. The molecular weight excluding hydrogens is 486 g/mol. The van der Waals surface area contributed by atoms with E-state index in [2.05, 4.69) is 0 Å². The van der Waals surface area contributed by atoms with E-state index in [1.807, 2.05) is 12.1 Å². The molecule has 182 valence electrons. The van der Waals surface area contributed by atoms with Crippen LogP contribution in [0.25, 0.3) is 11.0 Å². The van der Waals surface area contributed by atoms with E-state index in [9.17, 15) is 14.7 Å². The van der Waals surface area contributed by atoms with Crippen LogP contribution in [0.1, 0.15) is 40.2 Å². The number of nitrogens with zero attached hydrogens (tertiary/aromatic N) is 1. The fourth-order valence-corrected chi connectivity index (χ4v) is 4.88. The summed E-state index contributed by atoms with van der Waals surface area (Å²) in [5.74, 6) is 0.994. The third-order valence-electron chi connectivity index (χ3n) is 6.32. The van der Waals surface area contributed by atoms with Gasteiger partial charge in [-0.1, -0.05) is 23.7 Å². The Morgan fingerprint density at radius 2 is 1.89 bits per heavy atom. The minimum atomic E-state index is -0.780. The van der Waals surface area contributed by atoms with Crippen LogP contribution in [0.5, 0.6) is 23.0 Å². The highest BCUT2D eigenvalue weighted by Gasteiger charge is 2.43. The lowest BCUT2D eigenvalue weighted by atomic mass is 9.97. The van der Waals surface area contributed by atoms with Crippen molar-refractivity contribution in [3.8, 4) is 23.0 Å². The van der Waals surface area contributed by atoms with E-state index in [-0.39, 0.29) is 52.6 Å². The van der Waals surface area contributed by atoms with Gasteiger partial charge >= 0.3 is 0 Å². The topological polar surface area (TPSA) is 98.4 Å². The highest BCUT2D eigenvalue weighted by molar-refractivity contribution is 6.31. The maximum atomic E-state index is 13.7. The van der Waals surface area contributed by atoms with E-state index in [1.165, 1.54) is 12.1 Å². The lowest BCUT2D eigenvalue weighted by Gasteiger charge is -2.26. The number of hydrogen-bond donors (Lipinski definition) is 1. The van der Waals surface area contributed by atoms with Gasteiger partial charge in [0.1, 0.15) is 5.58 Å². The van der Waals surface area contributed by atoms with E-state index < -0.39 is 11.9 Å². The highest BCUT2D eigenvalue weighted by atomic mass is 35.5. The molecule has 1 N–H and O–H groups in total. The van der Waals surface area contributed by atoms with Crippen molar-refractivity contribution >= 4 is 28.5 Å². The fourth-order valence-electron chi connectivity index (χ4n) is 4.71. The van der Waals surface area contributed by atoms with Crippen molar-refractivity contribution in [2.75, 3.05) is 13.4 Å². The number of phenols is 1. The molecule has 1 atom stereocenters. The highest BCUT2D eigenvalue weighted by Crippen LogP contribution is 2.42. The molecule has 3 aromatic carbocycles. The Balaban J connectivity index is 1.53. The molecule has 0 unspecified atom stereocenters. The minimum absolute atomic E-state index is 0.0217. The number of fused-ring (bicyclic) bond motifs is 3. The molecule has 2 aliphatic rings. The van der Waals surface area contributed by atoms with Crippen molar-refractivity contribution in [1.82, 2.24) is 4.90 Å². The Kier molecular flexibility index (Phi) is 5.26. The second-order valence-corrected chi connectivity index (χ2v) is 8.93. The van der Waals surface area contributed by atoms with Crippen molar-refractivity contribution in [3.63, 3.8) is 0 Å². The number of amides is 1. The summed E-state index contributed by atoms with van der Waals surface area (Å²) >= 11 is 6.15. The first-order valence-corrected chi connectivity index (χ1v) is 11.7. The van der Waals surface area contributed by atoms with Crippen molar-refractivity contribution in [2.24, 2.45) is 0 Å². The summed E-state index contributed by atoms with van der Waals surface area (Å²) in [4.78, 5) is 29.0. The van der Waals surface area contributed by atoms with Crippen LogP contribution in [0.2, 0.25) is 5.02 Å². The molecule has 2 aliphatic heterocycles. The average Bonchev–Trinajstić information content (AvgIpc) is 3.44. The van der Waals surface area contributed by atoms with Crippen LogP contribution < -0.4 is 19.6 Å². The Labute approximate surface area is 210 Å². The maximum absolute atomic E-state index is 13.7. The molecule has 0 spiro atoms. The average molecular weight is 506 g/mol. The first-order valence-electron chi connectivity index (χ1n) is 11.4. The maximum Gasteiger partial charge on any atom is 0.291 e. The third kappa shape index (κ3) is 3.53. The molecule has 1 aromatic heterocycles. The van der Waals surface area contributed by atoms with E-state index in [1.54, 1.807) is 42.2 Å². The van der Waals surface area contributed by atoms with Gasteiger partial charge in [0.25, 0.3) is 5.91 Å². The molecule has 1 amide bonds. The Hall–Kier alpha value is -4.17. The Morgan fingerprint density at radius 1 is 1.06 bits per heavy atom. The number of aromatic hydroxyl groups is 1. The van der Waals surface area contributed by atoms with Gasteiger partial charge in [-0.3, -0.25) is 9.59 Å². The van der Waals surface area contributed by atoms with Crippen LogP contribution in [0.3, 0.4) is 0 Å². The number of carbonyl (C=O) groups is 1. The van der Waals surface area contributed by atoms with Gasteiger partial charge in [-0.05, 0) is 60.5 Å². The van der Waals surface area contributed by atoms with Crippen LogP contribution in [0.15, 0.2) is 63.8 Å². The third-order valence-corrected chi connectivity index (χ3v) is 6.55. The number of phenolic OH excluding ortho intramolecular Hbond substituents is 1. The van der Waals surface area contributed by atoms with Crippen molar-refractivity contribution < 1.29 is 28.5 Å². The monoisotopic (exact) mass is 505 g/mol. The summed E-state index contributed by atoms with van der Waals surface area (Å²) < 4.78 is 22.4. The van der Waals surface area contributed by atoms with Gasteiger partial charge in [0.05, 0.1) is 23.6 Å². The number of halogens is 1. The zero-order valence-electron chi connectivity index (χ0n) is 19.1. The molecule has 0 saturated carbocycles. The molecule has 6 rings (SSSR count). The largest absolute Gasteiger partial charge is 0.504 e. The van der Waals surface area contributed by atoms with Gasteiger partial charge in [-0.15, -0.1) is 0 Å². The molecule has 3 heterocycles. The van der Waals surface area contributed by atoms with Crippen LogP contribution in [0.4, 0.5) is 0 Å². The van der Waals surface area contributed by atoms with Gasteiger partial charge in [0.15, 0.2) is 28.4 Å². The summed E-state index contributed by atoms with van der Waals surface area (Å²) in [6.07, 6.45) is 0. The number of carbonyl (C=O) groups excluding carboxylic acids is 1. The zero-order chi connectivity index (χ0) is 25.0. The van der Waals surface area contributed by atoms with E-state index in [0.29, 0.717) is 28.7 Å². The molecule has 0 bridgehead atoms. The smallest absolute Gasteiger partial charge is 0.291 e. The minimum Gasteiger partial charge on any atom is -0.504 e. The number of ether oxygens (including phenoxy) is 3. The fraction of sp³-hybridized carbons (Fsp3) is 0.185. The number of hydrogen-bond acceptors (Lipinski definition) is 7. The molecular formula is C27H20ClNO7. The van der Waals surface area contributed by atoms with E-state index >= 15 is 0 Å². The molecule has 0 radical (unpaired) electrons. The van der Waals surface area contributed by atoms with Crippen molar-refractivity contribution in [3.05, 3.63) is 92.3 Å². The first kappa shape index (κ1) is 22.3. The summed E-state index contributed by atoms with van der Waals surface area (Å²) in [5, 5.41) is 10.9. The lowest BCUT2D eigenvalue weighted by Crippen LogP contribution is -2.29. The summed E-state index contributed by atoms with van der Waals surface area (Å²) in [6, 6.07) is 14.2.